The van der Waals surface area contributed by atoms with Gasteiger partial charge in [0.25, 0.3) is 0 Å². The average molecular weight is 668 g/mol. The van der Waals surface area contributed by atoms with Gasteiger partial charge in [0.15, 0.2) is 0 Å². The summed E-state index contributed by atoms with van der Waals surface area (Å²) in [6.45, 7) is 0.272. The van der Waals surface area contributed by atoms with E-state index in [1.165, 1.54) is 0 Å². The normalized spacial score (nSPS) is 14.2. The second kappa shape index (κ2) is 12.0. The zero-order valence-corrected chi connectivity index (χ0v) is 25.7. The number of hydrogen-bond acceptors (Lipinski definition) is 7. The van der Waals surface area contributed by atoms with Crippen molar-refractivity contribution in [2.75, 3.05) is 0 Å². The third-order valence-corrected chi connectivity index (χ3v) is 9.27. The summed E-state index contributed by atoms with van der Waals surface area (Å²) in [7, 11) is 0. The minimum atomic E-state index is -0.671. The predicted octanol–water partition coefficient (Wildman–Crippen LogP) is 9.53. The molecule has 2 N–H and O–H groups in total. The zero-order valence-electron chi connectivity index (χ0n) is 21.9. The van der Waals surface area contributed by atoms with Crippen molar-refractivity contribution in [3.05, 3.63) is 132 Å². The number of carbonyl (C=O) groups is 1. The molecule has 6 rings (SSSR count). The molecular weight excluding hydrogens is 650 g/mol. The molecular formula is C32H18Cl4N2O4S. The van der Waals surface area contributed by atoms with Gasteiger partial charge in [0.05, 0.1) is 16.0 Å². The molecule has 1 unspecified atom stereocenters. The molecule has 1 aliphatic rings. The summed E-state index contributed by atoms with van der Waals surface area (Å²) in [5.74, 6) is -0.142. The Morgan fingerprint density at radius 3 is 2.56 bits per heavy atom. The fraction of sp³-hybridized carbons (Fsp3) is 0.0625. The lowest BCUT2D eigenvalue weighted by Gasteiger charge is -2.27. The highest BCUT2D eigenvalue weighted by Crippen LogP contribution is 2.45. The molecule has 1 aliphatic heterocycles. The first-order valence-electron chi connectivity index (χ1n) is 12.7. The molecule has 43 heavy (non-hydrogen) atoms. The SMILES string of the molecule is N#CC1=C(N)Oc2cc(OC(=O)c3sc4cc(Cl)cc(Cl)c4c3Cl)ccc2C1c1cccc(OCc2ccccc2Cl)c1. The smallest absolute Gasteiger partial charge is 0.355 e. The van der Waals surface area contributed by atoms with Gasteiger partial charge in [0.2, 0.25) is 5.88 Å². The highest BCUT2D eigenvalue weighted by Gasteiger charge is 2.32. The number of benzene rings is 4. The van der Waals surface area contributed by atoms with Crippen molar-refractivity contribution in [2.45, 2.75) is 12.5 Å². The zero-order chi connectivity index (χ0) is 30.2. The molecule has 214 valence electrons. The van der Waals surface area contributed by atoms with Gasteiger partial charge in [0.1, 0.15) is 40.4 Å². The van der Waals surface area contributed by atoms with E-state index in [9.17, 15) is 10.1 Å². The number of rotatable bonds is 6. The summed E-state index contributed by atoms with van der Waals surface area (Å²) in [6.07, 6.45) is 0. The molecule has 0 saturated heterocycles. The standard InChI is InChI=1S/C32H18Cl4N2O4S/c33-18-11-24(35)28-26(12-18)43-30(29(28)36)32(39)41-20-8-9-21-25(13-20)42-31(38)22(14-37)27(21)16-5-3-6-19(10-16)40-15-17-4-1-2-7-23(17)34/h1-13,27H,15,38H2. The summed E-state index contributed by atoms with van der Waals surface area (Å²) >= 11 is 26.3. The van der Waals surface area contributed by atoms with Crippen molar-refractivity contribution in [1.82, 2.24) is 0 Å². The van der Waals surface area contributed by atoms with Gasteiger partial charge in [-0.3, -0.25) is 0 Å². The molecule has 5 aromatic rings. The number of thiophene rings is 1. The maximum atomic E-state index is 13.1. The maximum absolute atomic E-state index is 13.1. The van der Waals surface area contributed by atoms with Crippen LogP contribution in [0.25, 0.3) is 10.1 Å². The van der Waals surface area contributed by atoms with Crippen LogP contribution >= 0.6 is 57.7 Å². The van der Waals surface area contributed by atoms with Gasteiger partial charge in [-0.2, -0.15) is 5.26 Å². The number of nitrogens with zero attached hydrogens (tertiary/aromatic N) is 1. The van der Waals surface area contributed by atoms with Crippen LogP contribution in [-0.4, -0.2) is 5.97 Å². The van der Waals surface area contributed by atoms with Crippen LogP contribution < -0.4 is 19.9 Å². The van der Waals surface area contributed by atoms with Crippen LogP contribution in [0.3, 0.4) is 0 Å². The summed E-state index contributed by atoms with van der Waals surface area (Å²) in [5.41, 5.74) is 8.71. The highest BCUT2D eigenvalue weighted by molar-refractivity contribution is 7.21. The van der Waals surface area contributed by atoms with Crippen molar-refractivity contribution in [3.63, 3.8) is 0 Å². The number of carbonyl (C=O) groups excluding carboxylic acids is 1. The summed E-state index contributed by atoms with van der Waals surface area (Å²) in [6, 6.07) is 25.1. The van der Waals surface area contributed by atoms with E-state index >= 15 is 0 Å². The van der Waals surface area contributed by atoms with E-state index < -0.39 is 11.9 Å². The first-order valence-corrected chi connectivity index (χ1v) is 15.0. The second-order valence-electron chi connectivity index (χ2n) is 9.47. The maximum Gasteiger partial charge on any atom is 0.355 e. The third kappa shape index (κ3) is 5.73. The molecule has 1 atom stereocenters. The molecule has 2 heterocycles. The Kier molecular flexibility index (Phi) is 8.15. The number of hydrogen-bond donors (Lipinski definition) is 1. The van der Waals surface area contributed by atoms with Crippen molar-refractivity contribution < 1.29 is 19.0 Å². The van der Waals surface area contributed by atoms with Crippen LogP contribution in [0.1, 0.15) is 32.3 Å². The molecule has 1 aromatic heterocycles. The topological polar surface area (TPSA) is 94.6 Å². The lowest BCUT2D eigenvalue weighted by atomic mass is 9.83. The van der Waals surface area contributed by atoms with E-state index in [0.29, 0.717) is 42.2 Å². The predicted molar refractivity (Wildman–Crippen MR) is 170 cm³/mol. The van der Waals surface area contributed by atoms with Crippen LogP contribution in [0, 0.1) is 11.3 Å². The van der Waals surface area contributed by atoms with Gasteiger partial charge in [-0.05, 0) is 42.0 Å². The summed E-state index contributed by atoms with van der Waals surface area (Å²) < 4.78 is 18.1. The summed E-state index contributed by atoms with van der Waals surface area (Å²) in [5, 5.41) is 12.1. The first-order chi connectivity index (χ1) is 20.7. The van der Waals surface area contributed by atoms with Gasteiger partial charge < -0.3 is 19.9 Å². The van der Waals surface area contributed by atoms with Gasteiger partial charge >= 0.3 is 5.97 Å². The Balaban J connectivity index is 1.29. The number of esters is 1. The van der Waals surface area contributed by atoms with Crippen LogP contribution in [0.5, 0.6) is 17.2 Å². The van der Waals surface area contributed by atoms with Crippen LogP contribution in [0.15, 0.2) is 90.3 Å². The van der Waals surface area contributed by atoms with Crippen molar-refractivity contribution in [2.24, 2.45) is 5.73 Å². The van der Waals surface area contributed by atoms with Gasteiger partial charge in [-0.1, -0.05) is 82.8 Å². The fourth-order valence-corrected chi connectivity index (χ4v) is 7.24. The lowest BCUT2D eigenvalue weighted by molar-refractivity contribution is 0.0740. The molecule has 0 saturated carbocycles. The number of fused-ring (bicyclic) bond motifs is 2. The van der Waals surface area contributed by atoms with Crippen LogP contribution in [0.4, 0.5) is 0 Å². The quantitative estimate of drug-likeness (QED) is 0.143. The largest absolute Gasteiger partial charge is 0.489 e. The molecule has 0 fully saturated rings. The van der Waals surface area contributed by atoms with Crippen molar-refractivity contribution in [3.8, 4) is 23.3 Å². The highest BCUT2D eigenvalue weighted by atomic mass is 35.5. The van der Waals surface area contributed by atoms with Gasteiger partial charge in [-0.25, -0.2) is 4.79 Å². The van der Waals surface area contributed by atoms with Crippen molar-refractivity contribution in [1.29, 1.82) is 5.26 Å². The molecule has 0 aliphatic carbocycles. The average Bonchev–Trinajstić information content (AvgIpc) is 3.32. The van der Waals surface area contributed by atoms with E-state index in [2.05, 4.69) is 6.07 Å². The number of allylic oxidation sites excluding steroid dienone is 1. The molecule has 0 radical (unpaired) electrons. The Hall–Kier alpha value is -3.90. The van der Waals surface area contributed by atoms with Gasteiger partial charge in [-0.15, -0.1) is 11.3 Å². The number of ether oxygens (including phenoxy) is 3. The fourth-order valence-electron chi connectivity index (χ4n) is 4.80. The minimum Gasteiger partial charge on any atom is -0.489 e. The molecule has 0 amide bonds. The first kappa shape index (κ1) is 29.2. The lowest BCUT2D eigenvalue weighted by Crippen LogP contribution is -2.21. The third-order valence-electron chi connectivity index (χ3n) is 6.78. The monoisotopic (exact) mass is 666 g/mol. The Bertz CT molecular complexity index is 2000. The Morgan fingerprint density at radius 2 is 1.77 bits per heavy atom. The van der Waals surface area contributed by atoms with E-state index in [1.807, 2.05) is 42.5 Å². The van der Waals surface area contributed by atoms with Gasteiger partial charge in [0, 0.05) is 37.3 Å². The molecule has 6 nitrogen and oxygen atoms in total. The number of nitriles is 1. The number of halogens is 4. The van der Waals surface area contributed by atoms with Crippen LogP contribution in [-0.2, 0) is 6.61 Å². The van der Waals surface area contributed by atoms with E-state index in [0.717, 1.165) is 22.5 Å². The van der Waals surface area contributed by atoms with Crippen LogP contribution in [0.2, 0.25) is 20.1 Å². The van der Waals surface area contributed by atoms with E-state index in [1.54, 1.807) is 36.4 Å². The second-order valence-corrected chi connectivity index (χ2v) is 12.2. The molecule has 4 aromatic carbocycles. The molecule has 0 spiro atoms. The van der Waals surface area contributed by atoms with Crippen molar-refractivity contribution >= 4 is 73.8 Å². The Morgan fingerprint density at radius 1 is 0.953 bits per heavy atom. The van der Waals surface area contributed by atoms with E-state index in [4.69, 9.17) is 66.3 Å². The molecule has 11 heteroatoms. The summed E-state index contributed by atoms with van der Waals surface area (Å²) in [4.78, 5) is 13.3. The minimum absolute atomic E-state index is 0.0510. The Labute approximate surface area is 270 Å². The van der Waals surface area contributed by atoms with E-state index in [-0.39, 0.29) is 33.7 Å². The molecule has 0 bridgehead atoms. The number of nitrogens with two attached hydrogens (primary N) is 1.